The smallest absolute Gasteiger partial charge is 0.251 e. The Balaban J connectivity index is 1.65. The Bertz CT molecular complexity index is 619. The van der Waals surface area contributed by atoms with Crippen molar-refractivity contribution in [3.05, 3.63) is 36.2 Å². The lowest BCUT2D eigenvalue weighted by atomic mass is 9.84. The van der Waals surface area contributed by atoms with Gasteiger partial charge in [-0.05, 0) is 30.9 Å². The highest BCUT2D eigenvalue weighted by Crippen LogP contribution is 2.26. The van der Waals surface area contributed by atoms with Crippen LogP contribution in [0.1, 0.15) is 42.5 Å². The summed E-state index contributed by atoms with van der Waals surface area (Å²) in [5.74, 6) is 0.931. The Morgan fingerprint density at radius 3 is 2.61 bits per heavy atom. The zero-order valence-corrected chi connectivity index (χ0v) is 13.1. The Morgan fingerprint density at radius 1 is 1.26 bits per heavy atom. The number of aromatic nitrogens is 2. The number of carbonyl (C=O) groups excluding carboxylic acids is 1. The lowest BCUT2D eigenvalue weighted by Gasteiger charge is -2.30. The molecule has 1 aliphatic carbocycles. The molecule has 1 heterocycles. The molecule has 122 valence electrons. The number of hydrogen-bond acceptors (Lipinski definition) is 5. The van der Waals surface area contributed by atoms with Crippen LogP contribution in [0, 0.1) is 5.92 Å². The van der Waals surface area contributed by atoms with E-state index in [0.717, 1.165) is 18.4 Å². The van der Waals surface area contributed by atoms with Crippen molar-refractivity contribution in [3.8, 4) is 11.4 Å². The maximum absolute atomic E-state index is 12.4. The Hall–Kier alpha value is -2.21. The third-order valence-electron chi connectivity index (χ3n) is 4.56. The van der Waals surface area contributed by atoms with Crippen LogP contribution in [0.5, 0.6) is 0 Å². The molecule has 1 unspecified atom stereocenters. The number of carbonyl (C=O) groups is 1. The molecule has 6 nitrogen and oxygen atoms in total. The number of rotatable bonds is 5. The van der Waals surface area contributed by atoms with Crippen LogP contribution < -0.4 is 11.1 Å². The Morgan fingerprint density at radius 2 is 2.00 bits per heavy atom. The molecule has 0 radical (unpaired) electrons. The zero-order valence-electron chi connectivity index (χ0n) is 13.1. The van der Waals surface area contributed by atoms with E-state index in [0.29, 0.717) is 23.9 Å². The first-order valence-electron chi connectivity index (χ1n) is 8.15. The van der Waals surface area contributed by atoms with E-state index in [4.69, 9.17) is 10.3 Å². The van der Waals surface area contributed by atoms with Crippen molar-refractivity contribution in [1.82, 2.24) is 15.5 Å². The fourth-order valence-corrected chi connectivity index (χ4v) is 3.23. The number of benzene rings is 1. The molecule has 3 N–H and O–H groups in total. The van der Waals surface area contributed by atoms with E-state index in [9.17, 15) is 4.79 Å². The van der Waals surface area contributed by atoms with Crippen LogP contribution in [0.2, 0.25) is 0 Å². The number of nitrogens with zero attached hydrogens (tertiary/aromatic N) is 2. The van der Waals surface area contributed by atoms with Crippen LogP contribution >= 0.6 is 0 Å². The highest BCUT2D eigenvalue weighted by Gasteiger charge is 2.24. The minimum Gasteiger partial charge on any atom is -0.348 e. The van der Waals surface area contributed by atoms with E-state index >= 15 is 0 Å². The summed E-state index contributed by atoms with van der Waals surface area (Å²) in [6.45, 7) is 0.483. The molecule has 1 atom stereocenters. The molecule has 1 aromatic heterocycles. The summed E-state index contributed by atoms with van der Waals surface area (Å²) >= 11 is 0. The van der Waals surface area contributed by atoms with Crippen molar-refractivity contribution in [3.63, 3.8) is 0 Å². The molecule has 6 heteroatoms. The van der Waals surface area contributed by atoms with E-state index in [2.05, 4.69) is 15.5 Å². The molecule has 1 aliphatic rings. The van der Waals surface area contributed by atoms with Crippen molar-refractivity contribution >= 4 is 5.91 Å². The molecule has 0 saturated heterocycles. The summed E-state index contributed by atoms with van der Waals surface area (Å²) in [5.41, 5.74) is 7.31. The largest absolute Gasteiger partial charge is 0.348 e. The van der Waals surface area contributed by atoms with Gasteiger partial charge in [0.05, 0.1) is 0 Å². The molecule has 1 aromatic carbocycles. The van der Waals surface area contributed by atoms with Gasteiger partial charge in [-0.25, -0.2) is 0 Å². The predicted octanol–water partition coefficient (Wildman–Crippen LogP) is 2.37. The fraction of sp³-hybridized carbons (Fsp3) is 0.471. The maximum atomic E-state index is 12.4. The van der Waals surface area contributed by atoms with Gasteiger partial charge in [-0.3, -0.25) is 4.79 Å². The third kappa shape index (κ3) is 3.76. The second-order valence-electron chi connectivity index (χ2n) is 6.05. The molecule has 3 rings (SSSR count). The molecule has 1 saturated carbocycles. The molecule has 0 aliphatic heterocycles. The number of amides is 1. The monoisotopic (exact) mass is 314 g/mol. The average Bonchev–Trinajstić information content (AvgIpc) is 3.15. The summed E-state index contributed by atoms with van der Waals surface area (Å²) in [7, 11) is 0. The fourth-order valence-electron chi connectivity index (χ4n) is 3.23. The average molecular weight is 314 g/mol. The summed E-state index contributed by atoms with van der Waals surface area (Å²) in [6.07, 6.45) is 7.34. The second kappa shape index (κ2) is 7.37. The van der Waals surface area contributed by atoms with Crippen molar-refractivity contribution < 1.29 is 9.32 Å². The molecule has 0 spiro atoms. The first-order chi connectivity index (χ1) is 11.3. The molecule has 23 heavy (non-hydrogen) atoms. The number of nitrogens with two attached hydrogens (primary N) is 1. The molecule has 0 bridgehead atoms. The van der Waals surface area contributed by atoms with E-state index in [1.807, 2.05) is 12.1 Å². The summed E-state index contributed by atoms with van der Waals surface area (Å²) in [5, 5.41) is 6.87. The van der Waals surface area contributed by atoms with Gasteiger partial charge in [0.25, 0.3) is 5.91 Å². The van der Waals surface area contributed by atoms with Crippen LogP contribution in [0.3, 0.4) is 0 Å². The van der Waals surface area contributed by atoms with Crippen molar-refractivity contribution in [2.24, 2.45) is 11.7 Å². The van der Waals surface area contributed by atoms with Gasteiger partial charge in [-0.2, -0.15) is 4.98 Å². The van der Waals surface area contributed by atoms with Crippen LogP contribution in [0.25, 0.3) is 11.4 Å². The molecule has 1 fully saturated rings. The molecule has 2 aromatic rings. The first kappa shape index (κ1) is 15.7. The van der Waals surface area contributed by atoms with Gasteiger partial charge in [0, 0.05) is 23.7 Å². The third-order valence-corrected chi connectivity index (χ3v) is 4.56. The Labute approximate surface area is 135 Å². The van der Waals surface area contributed by atoms with Gasteiger partial charge in [0.15, 0.2) is 0 Å². The van der Waals surface area contributed by atoms with Crippen LogP contribution in [0.4, 0.5) is 0 Å². The maximum Gasteiger partial charge on any atom is 0.251 e. The SMILES string of the molecule is NCC(NC(=O)c1ccc(-c2ncon2)cc1)C1CCCCC1. The van der Waals surface area contributed by atoms with Gasteiger partial charge in [0.1, 0.15) is 0 Å². The van der Waals surface area contributed by atoms with E-state index < -0.39 is 0 Å². The van der Waals surface area contributed by atoms with Gasteiger partial charge in [-0.1, -0.05) is 36.6 Å². The van der Waals surface area contributed by atoms with E-state index in [1.54, 1.807) is 12.1 Å². The molecule has 1 amide bonds. The van der Waals surface area contributed by atoms with Crippen LogP contribution in [0.15, 0.2) is 35.2 Å². The van der Waals surface area contributed by atoms with Crippen LogP contribution in [-0.4, -0.2) is 28.6 Å². The quantitative estimate of drug-likeness (QED) is 0.883. The summed E-state index contributed by atoms with van der Waals surface area (Å²) in [6, 6.07) is 7.24. The normalized spacial score (nSPS) is 16.9. The first-order valence-corrected chi connectivity index (χ1v) is 8.15. The lowest BCUT2D eigenvalue weighted by molar-refractivity contribution is 0.0915. The Kier molecular flexibility index (Phi) is 5.02. The number of hydrogen-bond donors (Lipinski definition) is 2. The second-order valence-corrected chi connectivity index (χ2v) is 6.05. The van der Waals surface area contributed by atoms with Crippen molar-refractivity contribution in [1.29, 1.82) is 0 Å². The van der Waals surface area contributed by atoms with Gasteiger partial charge in [-0.15, -0.1) is 0 Å². The van der Waals surface area contributed by atoms with E-state index in [1.165, 1.54) is 25.7 Å². The zero-order chi connectivity index (χ0) is 16.1. The lowest BCUT2D eigenvalue weighted by Crippen LogP contribution is -2.45. The number of nitrogens with one attached hydrogen (secondary N) is 1. The van der Waals surface area contributed by atoms with Gasteiger partial charge in [0.2, 0.25) is 12.2 Å². The van der Waals surface area contributed by atoms with E-state index in [-0.39, 0.29) is 11.9 Å². The molecular formula is C17H22N4O2. The minimum atomic E-state index is -0.0781. The van der Waals surface area contributed by atoms with Gasteiger partial charge < -0.3 is 15.6 Å². The topological polar surface area (TPSA) is 94.0 Å². The standard InChI is InChI=1S/C17H22N4O2/c18-10-15(12-4-2-1-3-5-12)20-17(22)14-8-6-13(7-9-14)16-19-11-23-21-16/h6-9,11-12,15H,1-5,10,18H2,(H,20,22). The summed E-state index contributed by atoms with van der Waals surface area (Å²) < 4.78 is 4.73. The van der Waals surface area contributed by atoms with Crippen LogP contribution in [-0.2, 0) is 0 Å². The van der Waals surface area contributed by atoms with Crippen molar-refractivity contribution in [2.45, 2.75) is 38.1 Å². The van der Waals surface area contributed by atoms with Crippen molar-refractivity contribution in [2.75, 3.05) is 6.54 Å². The predicted molar refractivity (Wildman–Crippen MR) is 86.6 cm³/mol. The highest BCUT2D eigenvalue weighted by atomic mass is 16.5. The highest BCUT2D eigenvalue weighted by molar-refractivity contribution is 5.94. The molecular weight excluding hydrogens is 292 g/mol. The van der Waals surface area contributed by atoms with Gasteiger partial charge >= 0.3 is 0 Å². The minimum absolute atomic E-state index is 0.0553. The summed E-state index contributed by atoms with van der Waals surface area (Å²) in [4.78, 5) is 16.4.